The Balaban J connectivity index is 1.70. The van der Waals surface area contributed by atoms with E-state index >= 15 is 0 Å². The molecule has 0 bridgehead atoms. The normalized spacial score (nSPS) is 16.4. The molecule has 0 aliphatic heterocycles. The Kier molecular flexibility index (Phi) is 5.68. The topological polar surface area (TPSA) is 54.5 Å². The molecule has 1 aliphatic rings. The smallest absolute Gasteiger partial charge is 0.407 e. The minimum atomic E-state index is -0.471. The second-order valence-electron chi connectivity index (χ2n) is 8.12. The lowest BCUT2D eigenvalue weighted by Crippen LogP contribution is -2.35. The SMILES string of the molecule is CN(c1ccncc1)c1ccc2c(c1)CCC[C@H]2CNC(=O)OC(C)(C)C. The Morgan fingerprint density at radius 1 is 1.22 bits per heavy atom. The fourth-order valence-electron chi connectivity index (χ4n) is 3.56. The molecule has 1 heterocycles. The standard InChI is InChI=1S/C22H29N3O2/c1-22(2,3)27-21(26)24-15-17-7-5-6-16-14-19(8-9-20(16)17)25(4)18-10-12-23-13-11-18/h8-14,17H,5-7,15H2,1-4H3,(H,24,26)/t17-/m0/s1. The highest BCUT2D eigenvalue weighted by Gasteiger charge is 2.23. The maximum atomic E-state index is 12.0. The minimum absolute atomic E-state index is 0.335. The molecule has 0 fully saturated rings. The highest BCUT2D eigenvalue weighted by atomic mass is 16.6. The van der Waals surface area contributed by atoms with Gasteiger partial charge in [-0.25, -0.2) is 4.79 Å². The van der Waals surface area contributed by atoms with E-state index in [1.54, 1.807) is 0 Å². The average molecular weight is 367 g/mol. The molecule has 3 rings (SSSR count). The van der Waals surface area contributed by atoms with Crippen molar-refractivity contribution in [3.63, 3.8) is 0 Å². The monoisotopic (exact) mass is 367 g/mol. The quantitative estimate of drug-likeness (QED) is 0.844. The molecule has 144 valence electrons. The first-order valence-electron chi connectivity index (χ1n) is 9.57. The Bertz CT molecular complexity index is 784. The van der Waals surface area contributed by atoms with E-state index in [9.17, 15) is 4.79 Å². The van der Waals surface area contributed by atoms with Crippen LogP contribution in [0.15, 0.2) is 42.7 Å². The van der Waals surface area contributed by atoms with E-state index in [1.165, 1.54) is 16.8 Å². The Hall–Kier alpha value is -2.56. The van der Waals surface area contributed by atoms with Gasteiger partial charge < -0.3 is 15.0 Å². The maximum absolute atomic E-state index is 12.0. The number of ether oxygens (including phenoxy) is 1. The molecule has 1 aromatic carbocycles. The van der Waals surface area contributed by atoms with Gasteiger partial charge in [0.1, 0.15) is 5.60 Å². The van der Waals surface area contributed by atoms with Gasteiger partial charge >= 0.3 is 6.09 Å². The zero-order valence-electron chi connectivity index (χ0n) is 16.7. The van der Waals surface area contributed by atoms with Gasteiger partial charge in [-0.3, -0.25) is 4.98 Å². The van der Waals surface area contributed by atoms with Gasteiger partial charge in [-0.1, -0.05) is 6.07 Å². The van der Waals surface area contributed by atoms with Crippen LogP contribution in [0.25, 0.3) is 0 Å². The van der Waals surface area contributed by atoms with Gasteiger partial charge in [0.25, 0.3) is 0 Å². The van der Waals surface area contributed by atoms with E-state index in [4.69, 9.17) is 4.74 Å². The number of aromatic nitrogens is 1. The van der Waals surface area contributed by atoms with Crippen molar-refractivity contribution in [2.45, 2.75) is 51.6 Å². The molecular weight excluding hydrogens is 338 g/mol. The first-order valence-corrected chi connectivity index (χ1v) is 9.57. The second kappa shape index (κ2) is 7.99. The van der Waals surface area contributed by atoms with Gasteiger partial charge in [0.15, 0.2) is 0 Å². The van der Waals surface area contributed by atoms with Crippen molar-refractivity contribution >= 4 is 17.5 Å². The number of alkyl carbamates (subject to hydrolysis) is 1. The van der Waals surface area contributed by atoms with Gasteiger partial charge in [0.05, 0.1) is 0 Å². The van der Waals surface area contributed by atoms with Crippen molar-refractivity contribution in [1.29, 1.82) is 0 Å². The number of benzene rings is 1. The molecule has 5 nitrogen and oxygen atoms in total. The fourth-order valence-corrected chi connectivity index (χ4v) is 3.56. The first-order chi connectivity index (χ1) is 12.8. The molecule has 1 aliphatic carbocycles. The third-order valence-corrected chi connectivity index (χ3v) is 4.89. The van der Waals surface area contributed by atoms with Crippen LogP contribution in [0.1, 0.15) is 50.7 Å². The molecule has 1 aromatic heterocycles. The number of amides is 1. The largest absolute Gasteiger partial charge is 0.444 e. The number of fused-ring (bicyclic) bond motifs is 1. The van der Waals surface area contributed by atoms with Crippen molar-refractivity contribution < 1.29 is 9.53 Å². The number of anilines is 2. The third kappa shape index (κ3) is 5.00. The summed E-state index contributed by atoms with van der Waals surface area (Å²) in [5, 5.41) is 2.93. The number of carbonyl (C=O) groups is 1. The zero-order chi connectivity index (χ0) is 19.4. The summed E-state index contributed by atoms with van der Waals surface area (Å²) in [6.45, 7) is 6.25. The number of hydrogen-bond donors (Lipinski definition) is 1. The summed E-state index contributed by atoms with van der Waals surface area (Å²) in [6, 6.07) is 10.7. The second-order valence-corrected chi connectivity index (χ2v) is 8.12. The van der Waals surface area contributed by atoms with Crippen LogP contribution in [-0.4, -0.2) is 30.3 Å². The van der Waals surface area contributed by atoms with Crippen LogP contribution in [0.2, 0.25) is 0 Å². The molecule has 0 saturated heterocycles. The Labute approximate surface area is 161 Å². The number of aryl methyl sites for hydroxylation is 1. The van der Waals surface area contributed by atoms with E-state index in [0.29, 0.717) is 12.5 Å². The minimum Gasteiger partial charge on any atom is -0.444 e. The Morgan fingerprint density at radius 2 is 1.96 bits per heavy atom. The van der Waals surface area contributed by atoms with Crippen LogP contribution in [0.3, 0.4) is 0 Å². The van der Waals surface area contributed by atoms with E-state index in [2.05, 4.69) is 40.4 Å². The molecule has 1 atom stereocenters. The van der Waals surface area contributed by atoms with Crippen LogP contribution in [0.4, 0.5) is 16.2 Å². The maximum Gasteiger partial charge on any atom is 0.407 e. The summed E-state index contributed by atoms with van der Waals surface area (Å²) in [5.41, 5.74) is 4.52. The average Bonchev–Trinajstić information content (AvgIpc) is 2.64. The zero-order valence-corrected chi connectivity index (χ0v) is 16.7. The van der Waals surface area contributed by atoms with Crippen molar-refractivity contribution in [1.82, 2.24) is 10.3 Å². The van der Waals surface area contributed by atoms with E-state index in [-0.39, 0.29) is 6.09 Å². The van der Waals surface area contributed by atoms with Crippen LogP contribution in [0.5, 0.6) is 0 Å². The van der Waals surface area contributed by atoms with Crippen LogP contribution < -0.4 is 10.2 Å². The summed E-state index contributed by atoms with van der Waals surface area (Å²) < 4.78 is 5.35. The number of nitrogens with zero attached hydrogens (tertiary/aromatic N) is 2. The molecule has 0 saturated carbocycles. The predicted molar refractivity (Wildman–Crippen MR) is 109 cm³/mol. The van der Waals surface area contributed by atoms with Gasteiger partial charge in [0, 0.05) is 43.3 Å². The lowest BCUT2D eigenvalue weighted by atomic mass is 9.82. The number of carbonyl (C=O) groups excluding carboxylic acids is 1. The van der Waals surface area contributed by atoms with Gasteiger partial charge in [-0.15, -0.1) is 0 Å². The summed E-state index contributed by atoms with van der Waals surface area (Å²) in [6.07, 6.45) is 6.57. The summed E-state index contributed by atoms with van der Waals surface area (Å²) >= 11 is 0. The van der Waals surface area contributed by atoms with E-state index in [1.807, 2.05) is 45.3 Å². The van der Waals surface area contributed by atoms with Crippen molar-refractivity contribution in [3.8, 4) is 0 Å². The van der Waals surface area contributed by atoms with Gasteiger partial charge in [0.2, 0.25) is 0 Å². The number of nitrogens with one attached hydrogen (secondary N) is 1. The molecule has 1 amide bonds. The van der Waals surface area contributed by atoms with E-state index in [0.717, 1.165) is 24.9 Å². The van der Waals surface area contributed by atoms with Crippen LogP contribution in [0, 0.1) is 0 Å². The molecule has 2 aromatic rings. The van der Waals surface area contributed by atoms with Crippen molar-refractivity contribution in [2.75, 3.05) is 18.5 Å². The highest BCUT2D eigenvalue weighted by Crippen LogP contribution is 2.35. The first kappa shape index (κ1) is 19.2. The predicted octanol–water partition coefficient (Wildman–Crippen LogP) is 4.79. The highest BCUT2D eigenvalue weighted by molar-refractivity contribution is 5.68. The molecule has 0 unspecified atom stereocenters. The molecule has 5 heteroatoms. The van der Waals surface area contributed by atoms with Crippen LogP contribution >= 0.6 is 0 Å². The number of rotatable bonds is 4. The third-order valence-electron chi connectivity index (χ3n) is 4.89. The van der Waals surface area contributed by atoms with E-state index < -0.39 is 5.60 Å². The van der Waals surface area contributed by atoms with Crippen molar-refractivity contribution in [2.24, 2.45) is 0 Å². The Morgan fingerprint density at radius 3 is 2.67 bits per heavy atom. The number of pyridine rings is 1. The molecular formula is C22H29N3O2. The summed E-state index contributed by atoms with van der Waals surface area (Å²) in [7, 11) is 2.07. The lowest BCUT2D eigenvalue weighted by Gasteiger charge is -2.28. The van der Waals surface area contributed by atoms with Crippen molar-refractivity contribution in [3.05, 3.63) is 53.9 Å². The molecule has 0 radical (unpaired) electrons. The molecule has 27 heavy (non-hydrogen) atoms. The van der Waals surface area contributed by atoms with Crippen LogP contribution in [-0.2, 0) is 11.2 Å². The summed E-state index contributed by atoms with van der Waals surface area (Å²) in [5.74, 6) is 0.335. The lowest BCUT2D eigenvalue weighted by molar-refractivity contribution is 0.0523. The molecule has 0 spiro atoms. The van der Waals surface area contributed by atoms with Gasteiger partial charge in [-0.2, -0.15) is 0 Å². The fraction of sp³-hybridized carbons (Fsp3) is 0.455. The summed E-state index contributed by atoms with van der Waals surface area (Å²) in [4.78, 5) is 18.2. The number of hydrogen-bond acceptors (Lipinski definition) is 4. The molecule has 1 N–H and O–H groups in total. The van der Waals surface area contributed by atoms with Gasteiger partial charge in [-0.05, 0) is 75.4 Å².